The van der Waals surface area contributed by atoms with Crippen LogP contribution in [-0.4, -0.2) is 10.6 Å². The molecule has 1 unspecified atom stereocenters. The van der Waals surface area contributed by atoms with E-state index in [1.54, 1.807) is 0 Å². The molecule has 0 amide bonds. The Morgan fingerprint density at radius 1 is 0.429 bits per heavy atom. The first-order chi connectivity index (χ1) is 31.3. The number of benzene rings is 10. The molecule has 1 atom stereocenters. The van der Waals surface area contributed by atoms with Crippen LogP contribution in [0.2, 0.25) is 0 Å². The molecular weight excluding hydrogens is 765 g/mol. The van der Waals surface area contributed by atoms with Crippen molar-refractivity contribution in [3.05, 3.63) is 230 Å². The highest BCUT2D eigenvalue weighted by Gasteiger charge is 2.28. The summed E-state index contributed by atoms with van der Waals surface area (Å²) >= 11 is 0. The van der Waals surface area contributed by atoms with Gasteiger partial charge in [-0.25, -0.2) is 0 Å². The van der Waals surface area contributed by atoms with E-state index < -0.39 is 0 Å². The fraction of sp³-hybridized carbons (Fsp3) is 0.0333. The SMILES string of the molecule is C1=CC(N(c2ccccc2-c2cccc3c2oc2cc4ccccc4cc23)c2ccccc2-n2c3ccccc3c3ccccc32)CC=C1c1cccc2c1ccc1ccccc12. The molecular formula is C60H40N2O. The molecule has 0 saturated carbocycles. The molecule has 13 rings (SSSR count). The van der Waals surface area contributed by atoms with Crippen molar-refractivity contribution >= 4 is 93.0 Å². The smallest absolute Gasteiger partial charge is 0.143 e. The molecule has 12 aromatic rings. The first-order valence-electron chi connectivity index (χ1n) is 21.9. The predicted molar refractivity (Wildman–Crippen MR) is 267 cm³/mol. The Balaban J connectivity index is 1.01. The summed E-state index contributed by atoms with van der Waals surface area (Å²) in [6.07, 6.45) is 8.02. The minimum atomic E-state index is 0.000114. The van der Waals surface area contributed by atoms with Crippen LogP contribution in [0.3, 0.4) is 0 Å². The maximum Gasteiger partial charge on any atom is 0.143 e. The fourth-order valence-corrected chi connectivity index (χ4v) is 10.4. The van der Waals surface area contributed by atoms with Crippen molar-refractivity contribution in [3.8, 4) is 16.8 Å². The molecule has 0 radical (unpaired) electrons. The molecule has 2 heterocycles. The first kappa shape index (κ1) is 35.6. The second-order valence-electron chi connectivity index (χ2n) is 16.7. The monoisotopic (exact) mass is 804 g/mol. The number of nitrogens with zero attached hydrogens (tertiary/aromatic N) is 2. The topological polar surface area (TPSA) is 21.3 Å². The average molecular weight is 805 g/mol. The van der Waals surface area contributed by atoms with Gasteiger partial charge in [0.15, 0.2) is 0 Å². The van der Waals surface area contributed by atoms with E-state index in [9.17, 15) is 0 Å². The van der Waals surface area contributed by atoms with Crippen LogP contribution in [0.5, 0.6) is 0 Å². The van der Waals surface area contributed by atoms with E-state index in [0.717, 1.165) is 56.5 Å². The van der Waals surface area contributed by atoms with Gasteiger partial charge in [0.05, 0.1) is 28.5 Å². The van der Waals surface area contributed by atoms with Crippen molar-refractivity contribution in [1.29, 1.82) is 0 Å². The number of rotatable bonds is 6. The van der Waals surface area contributed by atoms with Gasteiger partial charge >= 0.3 is 0 Å². The molecule has 10 aromatic carbocycles. The van der Waals surface area contributed by atoms with Crippen molar-refractivity contribution in [2.24, 2.45) is 0 Å². The molecule has 1 aliphatic rings. The summed E-state index contributed by atoms with van der Waals surface area (Å²) in [5.74, 6) is 0. The van der Waals surface area contributed by atoms with Crippen LogP contribution in [0.1, 0.15) is 12.0 Å². The first-order valence-corrected chi connectivity index (χ1v) is 21.9. The second kappa shape index (κ2) is 14.2. The van der Waals surface area contributed by atoms with Gasteiger partial charge in [-0.3, -0.25) is 0 Å². The van der Waals surface area contributed by atoms with Crippen LogP contribution < -0.4 is 4.90 Å². The minimum absolute atomic E-state index is 0.000114. The Labute approximate surface area is 364 Å². The van der Waals surface area contributed by atoms with Gasteiger partial charge in [0.2, 0.25) is 0 Å². The Morgan fingerprint density at radius 2 is 1.03 bits per heavy atom. The zero-order valence-corrected chi connectivity index (χ0v) is 34.4. The number of furan rings is 1. The highest BCUT2D eigenvalue weighted by Crippen LogP contribution is 2.46. The molecule has 0 spiro atoms. The quantitative estimate of drug-likeness (QED) is 0.156. The van der Waals surface area contributed by atoms with Crippen LogP contribution in [0, 0.1) is 0 Å². The predicted octanol–water partition coefficient (Wildman–Crippen LogP) is 16.4. The molecule has 0 bridgehead atoms. The van der Waals surface area contributed by atoms with Gasteiger partial charge in [-0.05, 0) is 92.3 Å². The van der Waals surface area contributed by atoms with E-state index in [1.807, 2.05) is 0 Å². The van der Waals surface area contributed by atoms with Gasteiger partial charge in [-0.2, -0.15) is 0 Å². The molecule has 2 aromatic heterocycles. The lowest BCUT2D eigenvalue weighted by Crippen LogP contribution is -2.31. The van der Waals surface area contributed by atoms with E-state index in [2.05, 4.69) is 234 Å². The molecule has 3 heteroatoms. The number of fused-ring (bicyclic) bond motifs is 10. The van der Waals surface area contributed by atoms with Crippen molar-refractivity contribution < 1.29 is 4.42 Å². The van der Waals surface area contributed by atoms with Crippen LogP contribution in [0.4, 0.5) is 11.4 Å². The van der Waals surface area contributed by atoms with E-state index in [1.165, 1.54) is 65.3 Å². The van der Waals surface area contributed by atoms with Crippen LogP contribution >= 0.6 is 0 Å². The lowest BCUT2D eigenvalue weighted by Gasteiger charge is -2.36. The number of hydrogen-bond acceptors (Lipinski definition) is 2. The van der Waals surface area contributed by atoms with E-state index in [-0.39, 0.29) is 6.04 Å². The van der Waals surface area contributed by atoms with E-state index >= 15 is 0 Å². The van der Waals surface area contributed by atoms with Crippen LogP contribution in [0.25, 0.3) is 98.4 Å². The largest absolute Gasteiger partial charge is 0.455 e. The number of hydrogen-bond donors (Lipinski definition) is 0. The normalized spacial score (nSPS) is 14.2. The van der Waals surface area contributed by atoms with Crippen molar-refractivity contribution in [3.63, 3.8) is 0 Å². The zero-order valence-electron chi connectivity index (χ0n) is 34.4. The maximum absolute atomic E-state index is 6.89. The van der Waals surface area contributed by atoms with Crippen LogP contribution in [-0.2, 0) is 0 Å². The van der Waals surface area contributed by atoms with Gasteiger partial charge in [0, 0.05) is 38.4 Å². The second-order valence-corrected chi connectivity index (χ2v) is 16.7. The van der Waals surface area contributed by atoms with Crippen LogP contribution in [0.15, 0.2) is 229 Å². The lowest BCUT2D eigenvalue weighted by atomic mass is 9.90. The molecule has 0 aliphatic heterocycles. The third-order valence-corrected chi connectivity index (χ3v) is 13.3. The minimum Gasteiger partial charge on any atom is -0.455 e. The highest BCUT2D eigenvalue weighted by molar-refractivity contribution is 6.15. The zero-order chi connectivity index (χ0) is 41.4. The summed E-state index contributed by atoms with van der Waals surface area (Å²) in [6, 6.07) is 74.9. The summed E-state index contributed by atoms with van der Waals surface area (Å²) in [5.41, 5.74) is 12.2. The number of anilines is 2. The number of para-hydroxylation sites is 6. The Kier molecular flexibility index (Phi) is 8.04. The van der Waals surface area contributed by atoms with E-state index in [4.69, 9.17) is 4.42 Å². The van der Waals surface area contributed by atoms with Gasteiger partial charge < -0.3 is 13.9 Å². The lowest BCUT2D eigenvalue weighted by molar-refractivity contribution is 0.670. The Bertz CT molecular complexity index is 3810. The third-order valence-electron chi connectivity index (χ3n) is 13.3. The van der Waals surface area contributed by atoms with Crippen molar-refractivity contribution in [2.75, 3.05) is 4.90 Å². The van der Waals surface area contributed by atoms with Gasteiger partial charge in [0.25, 0.3) is 0 Å². The maximum atomic E-state index is 6.89. The summed E-state index contributed by atoms with van der Waals surface area (Å²) in [7, 11) is 0. The number of allylic oxidation sites excluding steroid dienone is 2. The summed E-state index contributed by atoms with van der Waals surface area (Å²) < 4.78 is 9.34. The Morgan fingerprint density at radius 3 is 1.81 bits per heavy atom. The molecule has 3 nitrogen and oxygen atoms in total. The summed E-state index contributed by atoms with van der Waals surface area (Å²) in [4.78, 5) is 2.57. The summed E-state index contributed by atoms with van der Waals surface area (Å²) in [6.45, 7) is 0. The fourth-order valence-electron chi connectivity index (χ4n) is 10.4. The molecule has 0 fully saturated rings. The molecule has 63 heavy (non-hydrogen) atoms. The van der Waals surface area contributed by atoms with Gasteiger partial charge in [-0.15, -0.1) is 0 Å². The van der Waals surface area contributed by atoms with Gasteiger partial charge in [-0.1, -0.05) is 182 Å². The van der Waals surface area contributed by atoms with Crippen molar-refractivity contribution in [1.82, 2.24) is 4.57 Å². The molecule has 0 saturated heterocycles. The molecule has 0 N–H and O–H groups in total. The summed E-state index contributed by atoms with van der Waals surface area (Å²) in [5, 5.41) is 12.2. The standard InChI is InChI=1S/C60H40N2O/c1-2-17-42-38-59-53(37-41(42)16-1)52-25-14-24-51(60(52)63-59)50-21-7-8-26-54(50)61(57-29-11-12-30-58(57)62-55-27-9-5-19-48(55)49-20-6-10-28-56(49)62)43-34-31-40(32-35-43)45-22-13-23-46-44-18-4-3-15-39(44)33-36-47(45)46/h1-34,36-38,43H,35H2. The Hall–Kier alpha value is -8.14. The average Bonchev–Trinajstić information content (AvgIpc) is 3.89. The number of aromatic nitrogens is 1. The highest BCUT2D eigenvalue weighted by atomic mass is 16.3. The molecule has 1 aliphatic carbocycles. The van der Waals surface area contributed by atoms with E-state index in [0.29, 0.717) is 0 Å². The van der Waals surface area contributed by atoms with Gasteiger partial charge in [0.1, 0.15) is 11.2 Å². The molecule has 296 valence electrons. The van der Waals surface area contributed by atoms with Crippen molar-refractivity contribution in [2.45, 2.75) is 12.5 Å². The third kappa shape index (κ3) is 5.60.